The topological polar surface area (TPSA) is 39.7 Å². The second-order valence-electron chi connectivity index (χ2n) is 5.45. The minimum Gasteiger partial charge on any atom is -0.496 e. The molecule has 1 rings (SSSR count). The lowest BCUT2D eigenvalue weighted by Crippen LogP contribution is -2.37. The molecular weight excluding hydrogens is 242 g/mol. The summed E-state index contributed by atoms with van der Waals surface area (Å²) in [5, 5.41) is 3.46. The third-order valence-corrected chi connectivity index (χ3v) is 2.84. The van der Waals surface area contributed by atoms with Crippen molar-refractivity contribution in [3.63, 3.8) is 0 Å². The summed E-state index contributed by atoms with van der Waals surface area (Å²) in [5.74, 6) is 2.24. The van der Waals surface area contributed by atoms with Crippen LogP contribution in [0.4, 0.5) is 0 Å². The molecule has 0 radical (unpaired) electrons. The molecule has 4 heteroatoms. The Morgan fingerprint density at radius 1 is 0.895 bits per heavy atom. The largest absolute Gasteiger partial charge is 0.496 e. The van der Waals surface area contributed by atoms with E-state index < -0.39 is 0 Å². The van der Waals surface area contributed by atoms with E-state index in [9.17, 15) is 0 Å². The smallest absolute Gasteiger partial charge is 0.164 e. The number of rotatable bonds is 6. The van der Waals surface area contributed by atoms with Crippen LogP contribution in [-0.4, -0.2) is 33.4 Å². The van der Waals surface area contributed by atoms with Gasteiger partial charge in [0.05, 0.1) is 21.3 Å². The number of hydrogen-bond acceptors (Lipinski definition) is 4. The zero-order valence-electron chi connectivity index (χ0n) is 12.8. The first kappa shape index (κ1) is 15.6. The lowest BCUT2D eigenvalue weighted by atomic mass is 10.1. The number of benzene rings is 1. The summed E-state index contributed by atoms with van der Waals surface area (Å²) >= 11 is 0. The zero-order valence-corrected chi connectivity index (χ0v) is 12.8. The van der Waals surface area contributed by atoms with Gasteiger partial charge < -0.3 is 19.5 Å². The molecule has 1 N–H and O–H groups in total. The van der Waals surface area contributed by atoms with Gasteiger partial charge in [0.2, 0.25) is 0 Å². The van der Waals surface area contributed by atoms with Crippen molar-refractivity contribution in [2.75, 3.05) is 27.9 Å². The Labute approximate surface area is 116 Å². The molecule has 19 heavy (non-hydrogen) atoms. The summed E-state index contributed by atoms with van der Waals surface area (Å²) < 4.78 is 16.0. The number of methoxy groups -OCH3 is 3. The molecule has 1 aromatic carbocycles. The molecule has 4 nitrogen and oxygen atoms in total. The van der Waals surface area contributed by atoms with Gasteiger partial charge in [-0.15, -0.1) is 0 Å². The third-order valence-electron chi connectivity index (χ3n) is 2.84. The van der Waals surface area contributed by atoms with Crippen LogP contribution in [0.1, 0.15) is 26.3 Å². The summed E-state index contributed by atoms with van der Waals surface area (Å²) in [4.78, 5) is 0. The van der Waals surface area contributed by atoms with Gasteiger partial charge in [-0.3, -0.25) is 0 Å². The molecule has 0 aliphatic rings. The molecule has 0 saturated heterocycles. The van der Waals surface area contributed by atoms with E-state index in [1.165, 1.54) is 0 Å². The maximum absolute atomic E-state index is 5.41. The SMILES string of the molecule is COc1cc(OC)c(OC)cc1CCNC(C)(C)C. The van der Waals surface area contributed by atoms with Crippen LogP contribution < -0.4 is 19.5 Å². The van der Waals surface area contributed by atoms with Crippen molar-refractivity contribution in [2.24, 2.45) is 0 Å². The van der Waals surface area contributed by atoms with Crippen LogP contribution in [0.25, 0.3) is 0 Å². The first-order valence-corrected chi connectivity index (χ1v) is 6.45. The normalized spacial score (nSPS) is 11.3. The summed E-state index contributed by atoms with van der Waals surface area (Å²) in [6, 6.07) is 3.84. The Bertz CT molecular complexity index is 411. The van der Waals surface area contributed by atoms with Crippen LogP contribution >= 0.6 is 0 Å². The van der Waals surface area contributed by atoms with Gasteiger partial charge in [-0.1, -0.05) is 0 Å². The Balaban J connectivity index is 2.86. The van der Waals surface area contributed by atoms with Crippen LogP contribution in [0, 0.1) is 0 Å². The van der Waals surface area contributed by atoms with Crippen molar-refractivity contribution in [2.45, 2.75) is 32.7 Å². The molecule has 0 heterocycles. The summed E-state index contributed by atoms with van der Waals surface area (Å²) in [6.45, 7) is 7.34. The third kappa shape index (κ3) is 4.63. The average Bonchev–Trinajstić information content (AvgIpc) is 2.36. The van der Waals surface area contributed by atoms with Gasteiger partial charge in [-0.05, 0) is 45.4 Å². The molecule has 0 fully saturated rings. The molecular formula is C15H25NO3. The maximum Gasteiger partial charge on any atom is 0.164 e. The molecule has 0 aromatic heterocycles. The molecule has 0 aliphatic heterocycles. The van der Waals surface area contributed by atoms with Crippen LogP contribution in [-0.2, 0) is 6.42 Å². The molecule has 0 spiro atoms. The van der Waals surface area contributed by atoms with Crippen molar-refractivity contribution in [3.05, 3.63) is 17.7 Å². The highest BCUT2D eigenvalue weighted by Gasteiger charge is 2.13. The highest BCUT2D eigenvalue weighted by Crippen LogP contribution is 2.34. The molecule has 0 saturated carbocycles. The van der Waals surface area contributed by atoms with E-state index in [2.05, 4.69) is 26.1 Å². The standard InChI is InChI=1S/C15H25NO3/c1-15(2,3)16-8-7-11-9-13(18-5)14(19-6)10-12(11)17-4/h9-10,16H,7-8H2,1-6H3. The Morgan fingerprint density at radius 2 is 1.42 bits per heavy atom. The van der Waals surface area contributed by atoms with Gasteiger partial charge in [-0.25, -0.2) is 0 Å². The van der Waals surface area contributed by atoms with E-state index in [1.807, 2.05) is 12.1 Å². The lowest BCUT2D eigenvalue weighted by molar-refractivity contribution is 0.347. The van der Waals surface area contributed by atoms with Gasteiger partial charge in [0.15, 0.2) is 11.5 Å². The fourth-order valence-corrected chi connectivity index (χ4v) is 1.86. The predicted molar refractivity (Wildman–Crippen MR) is 77.6 cm³/mol. The fraction of sp³-hybridized carbons (Fsp3) is 0.600. The minimum atomic E-state index is 0.115. The number of nitrogens with one attached hydrogen (secondary N) is 1. The van der Waals surface area contributed by atoms with Crippen molar-refractivity contribution in [1.29, 1.82) is 0 Å². The van der Waals surface area contributed by atoms with E-state index in [4.69, 9.17) is 14.2 Å². The Kier molecular flexibility index (Phi) is 5.48. The molecule has 0 amide bonds. The van der Waals surface area contributed by atoms with Gasteiger partial charge in [-0.2, -0.15) is 0 Å². The fourth-order valence-electron chi connectivity index (χ4n) is 1.86. The van der Waals surface area contributed by atoms with Crippen molar-refractivity contribution in [3.8, 4) is 17.2 Å². The lowest BCUT2D eigenvalue weighted by Gasteiger charge is -2.21. The Morgan fingerprint density at radius 3 is 1.89 bits per heavy atom. The minimum absolute atomic E-state index is 0.115. The molecule has 0 aliphatic carbocycles. The second kappa shape index (κ2) is 6.66. The summed E-state index contributed by atoms with van der Waals surface area (Å²) in [5.41, 5.74) is 1.22. The maximum atomic E-state index is 5.41. The molecule has 0 atom stereocenters. The van der Waals surface area contributed by atoms with Gasteiger partial charge >= 0.3 is 0 Å². The molecule has 0 bridgehead atoms. The second-order valence-corrected chi connectivity index (χ2v) is 5.45. The quantitative estimate of drug-likeness (QED) is 0.860. The first-order valence-electron chi connectivity index (χ1n) is 6.45. The predicted octanol–water partition coefficient (Wildman–Crippen LogP) is 2.64. The average molecular weight is 267 g/mol. The monoisotopic (exact) mass is 267 g/mol. The van der Waals surface area contributed by atoms with Crippen molar-refractivity contribution in [1.82, 2.24) is 5.32 Å². The van der Waals surface area contributed by atoms with E-state index in [1.54, 1.807) is 21.3 Å². The van der Waals surface area contributed by atoms with Crippen LogP contribution in [0.3, 0.4) is 0 Å². The highest BCUT2D eigenvalue weighted by molar-refractivity contribution is 5.50. The first-order chi connectivity index (χ1) is 8.91. The van der Waals surface area contributed by atoms with Crippen molar-refractivity contribution >= 4 is 0 Å². The number of hydrogen-bond donors (Lipinski definition) is 1. The summed E-state index contributed by atoms with van der Waals surface area (Å²) in [7, 11) is 4.93. The summed E-state index contributed by atoms with van der Waals surface area (Å²) in [6.07, 6.45) is 0.876. The van der Waals surface area contributed by atoms with Gasteiger partial charge in [0.1, 0.15) is 5.75 Å². The van der Waals surface area contributed by atoms with Crippen LogP contribution in [0.2, 0.25) is 0 Å². The van der Waals surface area contributed by atoms with E-state index >= 15 is 0 Å². The van der Waals surface area contributed by atoms with Crippen LogP contribution in [0.15, 0.2) is 12.1 Å². The van der Waals surface area contributed by atoms with Crippen molar-refractivity contribution < 1.29 is 14.2 Å². The van der Waals surface area contributed by atoms with Gasteiger partial charge in [0.25, 0.3) is 0 Å². The zero-order chi connectivity index (χ0) is 14.5. The molecule has 0 unspecified atom stereocenters. The van der Waals surface area contributed by atoms with E-state index in [-0.39, 0.29) is 5.54 Å². The van der Waals surface area contributed by atoms with E-state index in [0.717, 1.165) is 30.0 Å². The highest BCUT2D eigenvalue weighted by atomic mass is 16.5. The molecule has 108 valence electrons. The van der Waals surface area contributed by atoms with Crippen LogP contribution in [0.5, 0.6) is 17.2 Å². The van der Waals surface area contributed by atoms with E-state index in [0.29, 0.717) is 5.75 Å². The van der Waals surface area contributed by atoms with Gasteiger partial charge in [0, 0.05) is 11.6 Å². The molecule has 1 aromatic rings. The Hall–Kier alpha value is -1.42. The number of ether oxygens (including phenoxy) is 3.